The predicted molar refractivity (Wildman–Crippen MR) is 261 cm³/mol. The van der Waals surface area contributed by atoms with E-state index >= 15 is 0 Å². The van der Waals surface area contributed by atoms with Gasteiger partial charge in [-0.3, -0.25) is 14.4 Å². The van der Waals surface area contributed by atoms with E-state index in [-0.39, 0.29) is 37.5 Å². The molecule has 0 amide bonds. The maximum Gasteiger partial charge on any atom is 0.306 e. The van der Waals surface area contributed by atoms with Crippen LogP contribution in [0.1, 0.15) is 226 Å². The Morgan fingerprint density at radius 1 is 0.344 bits per heavy atom. The summed E-state index contributed by atoms with van der Waals surface area (Å²) >= 11 is 0. The van der Waals surface area contributed by atoms with Crippen molar-refractivity contribution in [3.05, 3.63) is 85.1 Å². The van der Waals surface area contributed by atoms with Gasteiger partial charge in [-0.15, -0.1) is 0 Å². The maximum atomic E-state index is 12.8. The van der Waals surface area contributed by atoms with Crippen LogP contribution in [0.3, 0.4) is 0 Å². The van der Waals surface area contributed by atoms with Gasteiger partial charge in [-0.25, -0.2) is 0 Å². The Labute approximate surface area is 375 Å². The fourth-order valence-electron chi connectivity index (χ4n) is 6.64. The van der Waals surface area contributed by atoms with Gasteiger partial charge in [0, 0.05) is 19.3 Å². The third kappa shape index (κ3) is 47.5. The van der Waals surface area contributed by atoms with Crippen molar-refractivity contribution in [3.8, 4) is 0 Å². The van der Waals surface area contributed by atoms with Gasteiger partial charge in [0.05, 0.1) is 0 Å². The second kappa shape index (κ2) is 49.2. The van der Waals surface area contributed by atoms with Crippen LogP contribution in [0, 0.1) is 0 Å². The van der Waals surface area contributed by atoms with Gasteiger partial charge >= 0.3 is 17.9 Å². The first kappa shape index (κ1) is 57.6. The van der Waals surface area contributed by atoms with E-state index in [1.165, 1.54) is 77.0 Å². The fraction of sp³-hybridized carbons (Fsp3) is 0.691. The largest absolute Gasteiger partial charge is 0.462 e. The topological polar surface area (TPSA) is 78.9 Å². The normalized spacial score (nSPS) is 12.8. The van der Waals surface area contributed by atoms with Gasteiger partial charge in [0.25, 0.3) is 0 Å². The van der Waals surface area contributed by atoms with Crippen LogP contribution in [-0.2, 0) is 28.6 Å². The zero-order valence-electron chi connectivity index (χ0n) is 39.7. The summed E-state index contributed by atoms with van der Waals surface area (Å²) in [6.45, 7) is 6.34. The molecule has 348 valence electrons. The minimum Gasteiger partial charge on any atom is -0.462 e. The standard InChI is InChI=1S/C55H92O6/c1-4-7-10-13-16-19-22-25-26-27-28-31-33-36-39-42-45-48-54(57)60-51-52(61-55(58)49-46-43-40-37-34-30-24-21-18-15-12-9-6-3)50-59-53(56)47-44-41-38-35-32-29-23-20-17-14-11-8-5-2/h8-9,11-12,17-18,20-21,25-26,29-30,32,34,52H,4-7,10,13-16,19,22-24,27-28,31,33,35-51H2,1-3H3/b11-8-,12-9-,20-17-,21-18-,26-25-,32-29-,34-30-. The lowest BCUT2D eigenvalue weighted by Crippen LogP contribution is -2.30. The molecule has 0 aliphatic heterocycles. The zero-order valence-corrected chi connectivity index (χ0v) is 39.7. The molecular weight excluding hydrogens is 757 g/mol. The van der Waals surface area contributed by atoms with Crippen LogP contribution in [0.5, 0.6) is 0 Å². The molecular formula is C55H92O6. The van der Waals surface area contributed by atoms with Crippen molar-refractivity contribution in [2.45, 2.75) is 232 Å². The summed E-state index contributed by atoms with van der Waals surface area (Å²) in [7, 11) is 0. The van der Waals surface area contributed by atoms with Crippen molar-refractivity contribution < 1.29 is 28.6 Å². The number of hydrogen-bond acceptors (Lipinski definition) is 6. The summed E-state index contributed by atoms with van der Waals surface area (Å²) in [5.74, 6) is -0.968. The minimum atomic E-state index is -0.805. The molecule has 0 aromatic heterocycles. The molecule has 0 spiro atoms. The number of allylic oxidation sites excluding steroid dienone is 14. The summed E-state index contributed by atoms with van der Waals surface area (Å²) in [6, 6.07) is 0. The van der Waals surface area contributed by atoms with Crippen LogP contribution in [-0.4, -0.2) is 37.2 Å². The van der Waals surface area contributed by atoms with E-state index in [2.05, 4.69) is 106 Å². The highest BCUT2D eigenvalue weighted by Gasteiger charge is 2.19. The Balaban J connectivity index is 4.45. The molecule has 0 bridgehead atoms. The summed E-state index contributed by atoms with van der Waals surface area (Å²) in [4.78, 5) is 37.9. The van der Waals surface area contributed by atoms with Crippen molar-refractivity contribution in [2.75, 3.05) is 13.2 Å². The molecule has 0 aromatic carbocycles. The van der Waals surface area contributed by atoms with Crippen LogP contribution in [0.4, 0.5) is 0 Å². The number of carbonyl (C=O) groups excluding carboxylic acids is 3. The van der Waals surface area contributed by atoms with Crippen LogP contribution in [0.15, 0.2) is 85.1 Å². The molecule has 0 aromatic rings. The van der Waals surface area contributed by atoms with Crippen molar-refractivity contribution in [1.29, 1.82) is 0 Å². The SMILES string of the molecule is CC/C=C\C/C=C\C/C=C\CCCCCC(=O)OCC(COC(=O)CCCCCCCCC/C=C\CCCCCCCC)OC(=O)CCCCC/C=C\C/C=C\C/C=C\CC. The highest BCUT2D eigenvalue weighted by atomic mass is 16.6. The van der Waals surface area contributed by atoms with Crippen LogP contribution in [0.25, 0.3) is 0 Å². The molecule has 0 heterocycles. The van der Waals surface area contributed by atoms with Gasteiger partial charge in [-0.2, -0.15) is 0 Å². The first-order valence-corrected chi connectivity index (χ1v) is 25.1. The lowest BCUT2D eigenvalue weighted by Gasteiger charge is -2.18. The molecule has 0 saturated carbocycles. The lowest BCUT2D eigenvalue weighted by molar-refractivity contribution is -0.167. The number of hydrogen-bond donors (Lipinski definition) is 0. The molecule has 1 atom stereocenters. The molecule has 1 unspecified atom stereocenters. The van der Waals surface area contributed by atoms with E-state index in [9.17, 15) is 14.4 Å². The fourth-order valence-corrected chi connectivity index (χ4v) is 6.64. The number of carbonyl (C=O) groups is 3. The van der Waals surface area contributed by atoms with Gasteiger partial charge in [0.2, 0.25) is 0 Å². The third-order valence-electron chi connectivity index (χ3n) is 10.4. The third-order valence-corrected chi connectivity index (χ3v) is 10.4. The number of rotatable bonds is 44. The summed E-state index contributed by atoms with van der Waals surface area (Å²) in [6.07, 6.45) is 62.8. The van der Waals surface area contributed by atoms with Crippen molar-refractivity contribution >= 4 is 17.9 Å². The van der Waals surface area contributed by atoms with Crippen LogP contribution >= 0.6 is 0 Å². The molecule has 61 heavy (non-hydrogen) atoms. The minimum absolute atomic E-state index is 0.101. The van der Waals surface area contributed by atoms with Crippen LogP contribution < -0.4 is 0 Å². The molecule has 0 aliphatic carbocycles. The van der Waals surface area contributed by atoms with E-state index < -0.39 is 6.10 Å². The molecule has 0 saturated heterocycles. The highest BCUT2D eigenvalue weighted by Crippen LogP contribution is 2.13. The van der Waals surface area contributed by atoms with E-state index in [0.717, 1.165) is 109 Å². The van der Waals surface area contributed by atoms with Gasteiger partial charge in [-0.1, -0.05) is 183 Å². The average Bonchev–Trinajstić information content (AvgIpc) is 3.26. The number of esters is 3. The zero-order chi connectivity index (χ0) is 44.4. The van der Waals surface area contributed by atoms with Gasteiger partial charge in [0.15, 0.2) is 6.10 Å². The first-order valence-electron chi connectivity index (χ1n) is 25.1. The molecule has 0 radical (unpaired) electrons. The van der Waals surface area contributed by atoms with E-state index in [1.807, 2.05) is 0 Å². The lowest BCUT2D eigenvalue weighted by atomic mass is 10.1. The Morgan fingerprint density at radius 2 is 0.639 bits per heavy atom. The van der Waals surface area contributed by atoms with Crippen molar-refractivity contribution in [3.63, 3.8) is 0 Å². The Bertz CT molecular complexity index is 1200. The summed E-state index contributed by atoms with van der Waals surface area (Å²) < 4.78 is 16.7. The Morgan fingerprint density at radius 3 is 1.03 bits per heavy atom. The Hall–Kier alpha value is -3.41. The van der Waals surface area contributed by atoms with Gasteiger partial charge < -0.3 is 14.2 Å². The van der Waals surface area contributed by atoms with Crippen molar-refractivity contribution in [2.24, 2.45) is 0 Å². The molecule has 6 heteroatoms. The van der Waals surface area contributed by atoms with E-state index in [1.54, 1.807) is 0 Å². The molecule has 0 N–H and O–H groups in total. The van der Waals surface area contributed by atoms with Gasteiger partial charge in [0.1, 0.15) is 13.2 Å². The second-order valence-electron chi connectivity index (χ2n) is 16.3. The number of unbranched alkanes of at least 4 members (excludes halogenated alkanes) is 19. The first-order chi connectivity index (χ1) is 30.0. The summed E-state index contributed by atoms with van der Waals surface area (Å²) in [5.41, 5.74) is 0. The molecule has 0 aliphatic rings. The van der Waals surface area contributed by atoms with Gasteiger partial charge in [-0.05, 0) is 109 Å². The smallest absolute Gasteiger partial charge is 0.306 e. The average molecular weight is 849 g/mol. The van der Waals surface area contributed by atoms with Crippen LogP contribution in [0.2, 0.25) is 0 Å². The number of ether oxygens (including phenoxy) is 3. The monoisotopic (exact) mass is 849 g/mol. The predicted octanol–water partition coefficient (Wildman–Crippen LogP) is 16.4. The second-order valence-corrected chi connectivity index (χ2v) is 16.3. The summed E-state index contributed by atoms with van der Waals surface area (Å²) in [5, 5.41) is 0. The highest BCUT2D eigenvalue weighted by molar-refractivity contribution is 5.71. The molecule has 6 nitrogen and oxygen atoms in total. The maximum absolute atomic E-state index is 12.8. The van der Waals surface area contributed by atoms with Crippen molar-refractivity contribution in [1.82, 2.24) is 0 Å². The Kier molecular flexibility index (Phi) is 46.5. The van der Waals surface area contributed by atoms with E-state index in [4.69, 9.17) is 14.2 Å². The van der Waals surface area contributed by atoms with E-state index in [0.29, 0.717) is 12.8 Å². The molecule has 0 rings (SSSR count). The molecule has 0 fully saturated rings. The quantitative estimate of drug-likeness (QED) is 0.0263.